The van der Waals surface area contributed by atoms with Gasteiger partial charge in [0.15, 0.2) is 0 Å². The van der Waals surface area contributed by atoms with E-state index in [1.807, 2.05) is 0 Å². The number of amides is 1. The molecule has 3 rings (SSSR count). The van der Waals surface area contributed by atoms with Crippen LogP contribution in [-0.2, 0) is 4.79 Å². The standard InChI is InChI=1S/C17H23N3O/c1-3-8-18-16-14-7-6-13(10-15(14)19-17(16)21)20-9-4-5-12(2)11-20/h5-7,10,16,18H,3-4,8-9,11H2,1-2H3,(H,19,21). The molecule has 2 aliphatic heterocycles. The van der Waals surface area contributed by atoms with E-state index in [2.05, 4.69) is 53.7 Å². The van der Waals surface area contributed by atoms with E-state index in [1.165, 1.54) is 11.3 Å². The number of nitrogens with zero attached hydrogens (tertiary/aromatic N) is 1. The van der Waals surface area contributed by atoms with E-state index >= 15 is 0 Å². The highest BCUT2D eigenvalue weighted by Gasteiger charge is 2.30. The van der Waals surface area contributed by atoms with Crippen LogP contribution in [0.25, 0.3) is 0 Å². The number of benzene rings is 1. The maximum Gasteiger partial charge on any atom is 0.246 e. The molecule has 0 bridgehead atoms. The van der Waals surface area contributed by atoms with Gasteiger partial charge in [0, 0.05) is 30.0 Å². The van der Waals surface area contributed by atoms with Crippen LogP contribution in [0.1, 0.15) is 38.3 Å². The first-order valence-electron chi connectivity index (χ1n) is 7.78. The Morgan fingerprint density at radius 3 is 3.05 bits per heavy atom. The molecule has 1 atom stereocenters. The van der Waals surface area contributed by atoms with Crippen LogP contribution in [-0.4, -0.2) is 25.5 Å². The summed E-state index contributed by atoms with van der Waals surface area (Å²) < 4.78 is 0. The summed E-state index contributed by atoms with van der Waals surface area (Å²) in [5.41, 5.74) is 4.63. The first-order chi connectivity index (χ1) is 10.2. The average molecular weight is 285 g/mol. The number of hydrogen-bond donors (Lipinski definition) is 2. The van der Waals surface area contributed by atoms with E-state index in [-0.39, 0.29) is 11.9 Å². The highest BCUT2D eigenvalue weighted by Crippen LogP contribution is 2.34. The lowest BCUT2D eigenvalue weighted by atomic mass is 10.1. The molecular formula is C17H23N3O. The average Bonchev–Trinajstić information content (AvgIpc) is 2.79. The molecule has 2 N–H and O–H groups in total. The van der Waals surface area contributed by atoms with Gasteiger partial charge in [-0.2, -0.15) is 0 Å². The summed E-state index contributed by atoms with van der Waals surface area (Å²) >= 11 is 0. The van der Waals surface area contributed by atoms with Gasteiger partial charge >= 0.3 is 0 Å². The van der Waals surface area contributed by atoms with Gasteiger partial charge in [0.2, 0.25) is 5.91 Å². The Hall–Kier alpha value is -1.81. The van der Waals surface area contributed by atoms with Crippen molar-refractivity contribution in [2.75, 3.05) is 29.9 Å². The Balaban J connectivity index is 1.81. The zero-order chi connectivity index (χ0) is 14.8. The molecule has 2 heterocycles. The van der Waals surface area contributed by atoms with Crippen molar-refractivity contribution in [2.45, 2.75) is 32.7 Å². The number of fused-ring (bicyclic) bond motifs is 1. The number of carbonyl (C=O) groups is 1. The van der Waals surface area contributed by atoms with Gasteiger partial charge in [-0.05, 0) is 38.4 Å². The van der Waals surface area contributed by atoms with Crippen molar-refractivity contribution in [3.8, 4) is 0 Å². The third-order valence-electron chi connectivity index (χ3n) is 4.16. The molecule has 0 radical (unpaired) electrons. The van der Waals surface area contributed by atoms with Gasteiger partial charge < -0.3 is 15.5 Å². The molecule has 4 nitrogen and oxygen atoms in total. The van der Waals surface area contributed by atoms with E-state index < -0.39 is 0 Å². The molecule has 0 aromatic heterocycles. The van der Waals surface area contributed by atoms with Crippen molar-refractivity contribution >= 4 is 17.3 Å². The zero-order valence-corrected chi connectivity index (χ0v) is 12.8. The van der Waals surface area contributed by atoms with Crippen molar-refractivity contribution in [3.63, 3.8) is 0 Å². The van der Waals surface area contributed by atoms with Crippen molar-refractivity contribution in [2.24, 2.45) is 0 Å². The Bertz CT molecular complexity index is 579. The van der Waals surface area contributed by atoms with Gasteiger partial charge in [-0.1, -0.05) is 24.6 Å². The molecule has 4 heteroatoms. The van der Waals surface area contributed by atoms with E-state index in [1.54, 1.807) is 0 Å². The molecule has 0 saturated carbocycles. The quantitative estimate of drug-likeness (QED) is 0.836. The van der Waals surface area contributed by atoms with Crippen LogP contribution < -0.4 is 15.5 Å². The molecule has 1 unspecified atom stereocenters. The number of nitrogens with one attached hydrogen (secondary N) is 2. The summed E-state index contributed by atoms with van der Waals surface area (Å²) in [6, 6.07) is 6.14. The SMILES string of the molecule is CCCNC1C(=O)Nc2cc(N3CCC=C(C)C3)ccc21. The highest BCUT2D eigenvalue weighted by molar-refractivity contribution is 6.03. The van der Waals surface area contributed by atoms with Crippen LogP contribution in [0.4, 0.5) is 11.4 Å². The number of hydrogen-bond acceptors (Lipinski definition) is 3. The molecule has 1 amide bonds. The molecule has 0 spiro atoms. The molecular weight excluding hydrogens is 262 g/mol. The van der Waals surface area contributed by atoms with Gasteiger partial charge in [0.25, 0.3) is 0 Å². The number of rotatable bonds is 4. The molecule has 2 aliphatic rings. The minimum Gasteiger partial charge on any atom is -0.367 e. The Kier molecular flexibility index (Phi) is 3.97. The fourth-order valence-electron chi connectivity index (χ4n) is 3.07. The van der Waals surface area contributed by atoms with Crippen LogP contribution in [0, 0.1) is 0 Å². The predicted octanol–water partition coefficient (Wildman–Crippen LogP) is 2.84. The third kappa shape index (κ3) is 2.81. The lowest BCUT2D eigenvalue weighted by Gasteiger charge is -2.28. The normalized spacial score (nSPS) is 21.0. The summed E-state index contributed by atoms with van der Waals surface area (Å²) in [6.45, 7) is 7.16. The fraction of sp³-hybridized carbons (Fsp3) is 0.471. The second-order valence-electron chi connectivity index (χ2n) is 5.91. The minimum absolute atomic E-state index is 0.0605. The van der Waals surface area contributed by atoms with Gasteiger partial charge in [0.05, 0.1) is 0 Å². The summed E-state index contributed by atoms with van der Waals surface area (Å²) in [6.07, 6.45) is 4.42. The number of anilines is 2. The Morgan fingerprint density at radius 2 is 2.29 bits per heavy atom. The maximum atomic E-state index is 12.1. The highest BCUT2D eigenvalue weighted by atomic mass is 16.2. The van der Waals surface area contributed by atoms with E-state index in [9.17, 15) is 4.79 Å². The maximum absolute atomic E-state index is 12.1. The van der Waals surface area contributed by atoms with Crippen LogP contribution >= 0.6 is 0 Å². The van der Waals surface area contributed by atoms with Crippen molar-refractivity contribution in [1.29, 1.82) is 0 Å². The predicted molar refractivity (Wildman–Crippen MR) is 86.7 cm³/mol. The van der Waals surface area contributed by atoms with E-state index in [0.717, 1.165) is 43.7 Å². The fourth-order valence-corrected chi connectivity index (χ4v) is 3.07. The summed E-state index contributed by atoms with van der Waals surface area (Å²) in [5.74, 6) is 0.0605. The molecule has 112 valence electrons. The number of carbonyl (C=O) groups excluding carboxylic acids is 1. The summed E-state index contributed by atoms with van der Waals surface area (Å²) in [7, 11) is 0. The van der Waals surface area contributed by atoms with Crippen LogP contribution in [0.5, 0.6) is 0 Å². The van der Waals surface area contributed by atoms with Gasteiger partial charge in [-0.25, -0.2) is 0 Å². The largest absolute Gasteiger partial charge is 0.367 e. The Morgan fingerprint density at radius 1 is 1.43 bits per heavy atom. The zero-order valence-electron chi connectivity index (χ0n) is 12.8. The smallest absolute Gasteiger partial charge is 0.246 e. The Labute approximate surface area is 126 Å². The summed E-state index contributed by atoms with van der Waals surface area (Å²) in [5, 5.41) is 6.31. The van der Waals surface area contributed by atoms with E-state index in [0.29, 0.717) is 0 Å². The third-order valence-corrected chi connectivity index (χ3v) is 4.16. The lowest BCUT2D eigenvalue weighted by Crippen LogP contribution is -2.29. The van der Waals surface area contributed by atoms with Gasteiger partial charge in [-0.15, -0.1) is 0 Å². The second kappa shape index (κ2) is 5.90. The molecule has 0 aliphatic carbocycles. The van der Waals surface area contributed by atoms with Crippen molar-refractivity contribution in [1.82, 2.24) is 5.32 Å². The van der Waals surface area contributed by atoms with Crippen molar-refractivity contribution < 1.29 is 4.79 Å². The molecule has 1 aromatic rings. The molecule has 1 aromatic carbocycles. The van der Waals surface area contributed by atoms with Crippen LogP contribution in [0.15, 0.2) is 29.8 Å². The van der Waals surface area contributed by atoms with Gasteiger partial charge in [0.1, 0.15) is 6.04 Å². The first-order valence-corrected chi connectivity index (χ1v) is 7.78. The molecule has 21 heavy (non-hydrogen) atoms. The van der Waals surface area contributed by atoms with E-state index in [4.69, 9.17) is 0 Å². The monoisotopic (exact) mass is 285 g/mol. The summed E-state index contributed by atoms with van der Waals surface area (Å²) in [4.78, 5) is 14.5. The second-order valence-corrected chi connectivity index (χ2v) is 5.91. The van der Waals surface area contributed by atoms with Crippen molar-refractivity contribution in [3.05, 3.63) is 35.4 Å². The molecule has 0 fully saturated rings. The first kappa shape index (κ1) is 14.1. The van der Waals surface area contributed by atoms with Gasteiger partial charge in [-0.3, -0.25) is 4.79 Å². The lowest BCUT2D eigenvalue weighted by molar-refractivity contribution is -0.117. The van der Waals surface area contributed by atoms with Crippen LogP contribution in [0.2, 0.25) is 0 Å². The molecule has 0 saturated heterocycles. The van der Waals surface area contributed by atoms with Crippen LogP contribution in [0.3, 0.4) is 0 Å². The topological polar surface area (TPSA) is 44.4 Å². The minimum atomic E-state index is -0.197.